The van der Waals surface area contributed by atoms with E-state index in [-0.39, 0.29) is 29.2 Å². The van der Waals surface area contributed by atoms with Crippen LogP contribution in [0.15, 0.2) is 29.2 Å². The molecular formula is C16H23N3O4S. The van der Waals surface area contributed by atoms with Crippen LogP contribution in [0.25, 0.3) is 0 Å². The third-order valence-corrected chi connectivity index (χ3v) is 5.67. The highest BCUT2D eigenvalue weighted by molar-refractivity contribution is 7.89. The van der Waals surface area contributed by atoms with Crippen molar-refractivity contribution in [2.45, 2.75) is 24.7 Å². The molecule has 0 spiro atoms. The highest BCUT2D eigenvalue weighted by atomic mass is 32.2. The number of piperidine rings is 1. The molecule has 7 nitrogen and oxygen atoms in total. The minimum absolute atomic E-state index is 0.000768. The van der Waals surface area contributed by atoms with Crippen LogP contribution in [-0.4, -0.2) is 51.8 Å². The first kappa shape index (κ1) is 18.4. The van der Waals surface area contributed by atoms with E-state index in [2.05, 4.69) is 10.0 Å². The molecule has 2 N–H and O–H groups in total. The van der Waals surface area contributed by atoms with Crippen LogP contribution in [0.5, 0.6) is 0 Å². The van der Waals surface area contributed by atoms with E-state index < -0.39 is 10.0 Å². The first-order valence-electron chi connectivity index (χ1n) is 7.99. The molecule has 0 atom stereocenters. The number of likely N-dealkylation sites (tertiary alicyclic amines) is 1. The van der Waals surface area contributed by atoms with Crippen LogP contribution in [-0.2, 0) is 14.8 Å². The van der Waals surface area contributed by atoms with Gasteiger partial charge in [0.1, 0.15) is 0 Å². The maximum Gasteiger partial charge on any atom is 0.253 e. The van der Waals surface area contributed by atoms with Gasteiger partial charge in [-0.2, -0.15) is 0 Å². The Hall–Kier alpha value is -1.93. The molecule has 1 fully saturated rings. The van der Waals surface area contributed by atoms with Crippen molar-refractivity contribution >= 4 is 21.8 Å². The van der Waals surface area contributed by atoms with Crippen molar-refractivity contribution in [2.24, 2.45) is 5.92 Å². The number of hydrogen-bond acceptors (Lipinski definition) is 4. The number of hydrogen-bond donors (Lipinski definition) is 2. The van der Waals surface area contributed by atoms with E-state index in [9.17, 15) is 18.0 Å². The molecule has 1 aromatic carbocycles. The molecule has 24 heavy (non-hydrogen) atoms. The SMILES string of the molecule is CCNS(=O)(=O)c1cccc(C(=O)N2CCC(C(=O)NC)CC2)c1. The molecule has 1 aromatic rings. The van der Waals surface area contributed by atoms with E-state index in [4.69, 9.17) is 0 Å². The van der Waals surface area contributed by atoms with Gasteiger partial charge in [0.2, 0.25) is 15.9 Å². The zero-order valence-corrected chi connectivity index (χ0v) is 14.7. The Bertz CT molecular complexity index is 710. The molecular weight excluding hydrogens is 330 g/mol. The van der Waals surface area contributed by atoms with Gasteiger partial charge in [0.05, 0.1) is 4.90 Å². The highest BCUT2D eigenvalue weighted by Crippen LogP contribution is 2.20. The van der Waals surface area contributed by atoms with Gasteiger partial charge in [-0.3, -0.25) is 9.59 Å². The first-order chi connectivity index (χ1) is 11.4. The second-order valence-corrected chi connectivity index (χ2v) is 7.48. The fraction of sp³-hybridized carbons (Fsp3) is 0.500. The summed E-state index contributed by atoms with van der Waals surface area (Å²) in [7, 11) is -1.99. The van der Waals surface area contributed by atoms with E-state index in [0.29, 0.717) is 31.5 Å². The normalized spacial score (nSPS) is 16.0. The van der Waals surface area contributed by atoms with Gasteiger partial charge in [-0.1, -0.05) is 13.0 Å². The van der Waals surface area contributed by atoms with Gasteiger partial charge < -0.3 is 10.2 Å². The van der Waals surface area contributed by atoms with Crippen molar-refractivity contribution in [2.75, 3.05) is 26.7 Å². The number of rotatable bonds is 5. The zero-order valence-electron chi connectivity index (χ0n) is 13.9. The maximum atomic E-state index is 12.6. The minimum atomic E-state index is -3.59. The molecule has 2 rings (SSSR count). The topological polar surface area (TPSA) is 95.6 Å². The molecule has 2 amide bonds. The van der Waals surface area contributed by atoms with Gasteiger partial charge >= 0.3 is 0 Å². The lowest BCUT2D eigenvalue weighted by Gasteiger charge is -2.31. The number of nitrogens with one attached hydrogen (secondary N) is 2. The Labute approximate surface area is 142 Å². The van der Waals surface area contributed by atoms with Crippen molar-refractivity contribution in [1.82, 2.24) is 14.9 Å². The van der Waals surface area contributed by atoms with Crippen LogP contribution < -0.4 is 10.0 Å². The molecule has 0 radical (unpaired) electrons. The van der Waals surface area contributed by atoms with Gasteiger partial charge in [-0.25, -0.2) is 13.1 Å². The van der Waals surface area contributed by atoms with Crippen LogP contribution in [0.3, 0.4) is 0 Å². The molecule has 8 heteroatoms. The number of carbonyl (C=O) groups is 2. The van der Waals surface area contributed by atoms with Crippen molar-refractivity contribution in [3.05, 3.63) is 29.8 Å². The Morgan fingerprint density at radius 2 is 1.92 bits per heavy atom. The summed E-state index contributed by atoms with van der Waals surface area (Å²) >= 11 is 0. The van der Waals surface area contributed by atoms with E-state index in [1.54, 1.807) is 31.0 Å². The molecule has 0 saturated carbocycles. The Kier molecular flexibility index (Phi) is 5.95. The van der Waals surface area contributed by atoms with Crippen LogP contribution in [0, 0.1) is 5.92 Å². The third-order valence-electron chi connectivity index (χ3n) is 4.13. The smallest absolute Gasteiger partial charge is 0.253 e. The molecule has 0 unspecified atom stereocenters. The fourth-order valence-corrected chi connectivity index (χ4v) is 3.89. The lowest BCUT2D eigenvalue weighted by Crippen LogP contribution is -2.42. The van der Waals surface area contributed by atoms with Crippen LogP contribution in [0.4, 0.5) is 0 Å². The summed E-state index contributed by atoms with van der Waals surface area (Å²) in [5.74, 6) is -0.278. The van der Waals surface area contributed by atoms with Crippen LogP contribution >= 0.6 is 0 Å². The van der Waals surface area contributed by atoms with Crippen molar-refractivity contribution in [3.8, 4) is 0 Å². The standard InChI is InChI=1S/C16H23N3O4S/c1-3-18-24(22,23)14-6-4-5-13(11-14)16(21)19-9-7-12(8-10-19)15(20)17-2/h4-6,11-12,18H,3,7-10H2,1-2H3,(H,17,20). The molecule has 1 aliphatic rings. The second kappa shape index (κ2) is 7.76. The summed E-state index contributed by atoms with van der Waals surface area (Å²) in [5.41, 5.74) is 0.340. The minimum Gasteiger partial charge on any atom is -0.359 e. The van der Waals surface area contributed by atoms with Gasteiger partial charge in [0.15, 0.2) is 0 Å². The zero-order chi connectivity index (χ0) is 17.7. The molecule has 1 heterocycles. The number of carbonyl (C=O) groups excluding carboxylic acids is 2. The third kappa shape index (κ3) is 4.12. The van der Waals surface area contributed by atoms with Crippen LogP contribution in [0.2, 0.25) is 0 Å². The second-order valence-electron chi connectivity index (χ2n) is 5.71. The Morgan fingerprint density at radius 3 is 2.50 bits per heavy atom. The first-order valence-corrected chi connectivity index (χ1v) is 9.48. The van der Waals surface area contributed by atoms with Gasteiger partial charge in [-0.15, -0.1) is 0 Å². The monoisotopic (exact) mass is 353 g/mol. The van der Waals surface area contributed by atoms with Crippen molar-refractivity contribution in [1.29, 1.82) is 0 Å². The number of nitrogens with zero attached hydrogens (tertiary/aromatic N) is 1. The number of benzene rings is 1. The molecule has 1 saturated heterocycles. The van der Waals surface area contributed by atoms with Gasteiger partial charge in [0, 0.05) is 38.2 Å². The molecule has 1 aliphatic heterocycles. The van der Waals surface area contributed by atoms with Gasteiger partial charge in [0.25, 0.3) is 5.91 Å². The molecule has 0 bridgehead atoms. The summed E-state index contributed by atoms with van der Waals surface area (Å²) in [5, 5.41) is 2.63. The molecule has 132 valence electrons. The lowest BCUT2D eigenvalue weighted by atomic mass is 9.95. The lowest BCUT2D eigenvalue weighted by molar-refractivity contribution is -0.125. The predicted molar refractivity (Wildman–Crippen MR) is 90.0 cm³/mol. The van der Waals surface area contributed by atoms with Gasteiger partial charge in [-0.05, 0) is 31.0 Å². The van der Waals surface area contributed by atoms with E-state index in [1.807, 2.05) is 0 Å². The van der Waals surface area contributed by atoms with E-state index >= 15 is 0 Å². The number of sulfonamides is 1. The summed E-state index contributed by atoms with van der Waals surface area (Å²) in [6.07, 6.45) is 1.22. The number of amides is 2. The predicted octanol–water partition coefficient (Wildman–Crippen LogP) is 0.583. The Morgan fingerprint density at radius 1 is 1.25 bits per heavy atom. The average Bonchev–Trinajstić information content (AvgIpc) is 2.60. The van der Waals surface area contributed by atoms with Crippen molar-refractivity contribution in [3.63, 3.8) is 0 Å². The average molecular weight is 353 g/mol. The Balaban J connectivity index is 2.10. The van der Waals surface area contributed by atoms with E-state index in [1.165, 1.54) is 12.1 Å². The largest absolute Gasteiger partial charge is 0.359 e. The van der Waals surface area contributed by atoms with Crippen molar-refractivity contribution < 1.29 is 18.0 Å². The fourth-order valence-electron chi connectivity index (χ4n) is 2.80. The highest BCUT2D eigenvalue weighted by Gasteiger charge is 2.27. The summed E-state index contributed by atoms with van der Waals surface area (Å²) < 4.78 is 26.5. The summed E-state index contributed by atoms with van der Waals surface area (Å²) in [6.45, 7) is 2.96. The molecule has 0 aliphatic carbocycles. The quantitative estimate of drug-likeness (QED) is 0.809. The molecule has 0 aromatic heterocycles. The van der Waals surface area contributed by atoms with E-state index in [0.717, 1.165) is 0 Å². The van der Waals surface area contributed by atoms with Crippen LogP contribution in [0.1, 0.15) is 30.1 Å². The summed E-state index contributed by atoms with van der Waals surface area (Å²) in [6, 6.07) is 6.03. The summed E-state index contributed by atoms with van der Waals surface area (Å²) in [4.78, 5) is 26.0. The maximum absolute atomic E-state index is 12.6.